The number of hydrogen-bond acceptors (Lipinski definition) is 2. The predicted octanol–water partition coefficient (Wildman–Crippen LogP) is 2.51. The minimum atomic E-state index is 0.0672. The first-order chi connectivity index (χ1) is 11.1. The van der Waals surface area contributed by atoms with E-state index in [0.717, 1.165) is 31.2 Å². The van der Waals surface area contributed by atoms with E-state index in [1.807, 2.05) is 11.0 Å². The van der Waals surface area contributed by atoms with Crippen LogP contribution >= 0.6 is 0 Å². The zero-order valence-electron chi connectivity index (χ0n) is 14.2. The van der Waals surface area contributed by atoms with E-state index in [4.69, 9.17) is 0 Å². The molecular weight excluding hydrogens is 288 g/mol. The monoisotopic (exact) mass is 314 g/mol. The molecule has 3 rings (SSSR count). The van der Waals surface area contributed by atoms with E-state index in [-0.39, 0.29) is 17.7 Å². The van der Waals surface area contributed by atoms with Crippen LogP contribution in [0.2, 0.25) is 0 Å². The first kappa shape index (κ1) is 16.0. The highest BCUT2D eigenvalue weighted by molar-refractivity contribution is 5.94. The molecule has 1 saturated heterocycles. The highest BCUT2D eigenvalue weighted by Crippen LogP contribution is 2.24. The average molecular weight is 314 g/mol. The van der Waals surface area contributed by atoms with Gasteiger partial charge in [-0.2, -0.15) is 0 Å². The van der Waals surface area contributed by atoms with Gasteiger partial charge in [0.15, 0.2) is 0 Å². The van der Waals surface area contributed by atoms with E-state index in [2.05, 4.69) is 12.1 Å². The van der Waals surface area contributed by atoms with E-state index in [0.29, 0.717) is 13.1 Å². The predicted molar refractivity (Wildman–Crippen MR) is 90.4 cm³/mol. The summed E-state index contributed by atoms with van der Waals surface area (Å²) < 4.78 is 0. The van der Waals surface area contributed by atoms with E-state index in [1.54, 1.807) is 19.0 Å². The molecule has 1 fully saturated rings. The number of nitrogens with zero attached hydrogens (tertiary/aromatic N) is 2. The smallest absolute Gasteiger partial charge is 0.253 e. The fourth-order valence-corrected chi connectivity index (χ4v) is 3.74. The molecular formula is C19H26N2O2. The Balaban J connectivity index is 1.64. The largest absolute Gasteiger partial charge is 0.349 e. The van der Waals surface area contributed by atoms with Gasteiger partial charge in [-0.25, -0.2) is 0 Å². The number of rotatable bonds is 2. The van der Waals surface area contributed by atoms with Crippen LogP contribution in [0.15, 0.2) is 18.2 Å². The Hall–Kier alpha value is -1.84. The summed E-state index contributed by atoms with van der Waals surface area (Å²) >= 11 is 0. The van der Waals surface area contributed by atoms with Crippen molar-refractivity contribution < 1.29 is 9.59 Å². The minimum absolute atomic E-state index is 0.0672. The van der Waals surface area contributed by atoms with Crippen LogP contribution < -0.4 is 0 Å². The first-order valence-corrected chi connectivity index (χ1v) is 8.68. The van der Waals surface area contributed by atoms with E-state index in [1.165, 1.54) is 24.0 Å². The van der Waals surface area contributed by atoms with Crippen molar-refractivity contribution in [3.63, 3.8) is 0 Å². The van der Waals surface area contributed by atoms with Crippen LogP contribution in [0.25, 0.3) is 0 Å². The number of fused-ring (bicyclic) bond motifs is 1. The lowest BCUT2D eigenvalue weighted by Gasteiger charge is -2.32. The van der Waals surface area contributed by atoms with Crippen LogP contribution in [0.4, 0.5) is 0 Å². The van der Waals surface area contributed by atoms with Crippen molar-refractivity contribution in [2.45, 2.75) is 38.5 Å². The highest BCUT2D eigenvalue weighted by atomic mass is 16.2. The fourth-order valence-electron chi connectivity index (χ4n) is 3.74. The Bertz CT molecular complexity index is 601. The lowest BCUT2D eigenvalue weighted by molar-refractivity contribution is -0.134. The number of carbonyl (C=O) groups is 2. The third-order valence-electron chi connectivity index (χ3n) is 5.17. The number of benzene rings is 1. The summed E-state index contributed by atoms with van der Waals surface area (Å²) in [6.45, 7) is 1.36. The number of aryl methyl sites for hydroxylation is 2. The van der Waals surface area contributed by atoms with E-state index >= 15 is 0 Å². The van der Waals surface area contributed by atoms with Crippen LogP contribution in [0, 0.1) is 5.92 Å². The highest BCUT2D eigenvalue weighted by Gasteiger charge is 2.28. The summed E-state index contributed by atoms with van der Waals surface area (Å²) in [5, 5.41) is 0. The zero-order valence-corrected chi connectivity index (χ0v) is 14.2. The van der Waals surface area contributed by atoms with E-state index < -0.39 is 0 Å². The van der Waals surface area contributed by atoms with Gasteiger partial charge >= 0.3 is 0 Å². The average Bonchev–Trinajstić information content (AvgIpc) is 2.60. The zero-order chi connectivity index (χ0) is 16.4. The Kier molecular flexibility index (Phi) is 4.69. The molecule has 0 N–H and O–H groups in total. The second kappa shape index (κ2) is 6.73. The number of carbonyl (C=O) groups excluding carboxylic acids is 2. The molecule has 4 nitrogen and oxygen atoms in total. The molecule has 1 aliphatic heterocycles. The van der Waals surface area contributed by atoms with Crippen LogP contribution in [0.3, 0.4) is 0 Å². The second-order valence-corrected chi connectivity index (χ2v) is 6.99. The molecule has 1 aromatic carbocycles. The summed E-state index contributed by atoms with van der Waals surface area (Å²) in [7, 11) is 3.60. The SMILES string of the molecule is CN(C)C(=O)C1CCN(C(=O)c2ccc3c(c2)CCCC3)CC1. The third kappa shape index (κ3) is 3.41. The maximum Gasteiger partial charge on any atom is 0.253 e. The van der Waals surface area contributed by atoms with Crippen molar-refractivity contribution >= 4 is 11.8 Å². The third-order valence-corrected chi connectivity index (χ3v) is 5.17. The summed E-state index contributed by atoms with van der Waals surface area (Å²) in [4.78, 5) is 28.3. The van der Waals surface area contributed by atoms with Crippen molar-refractivity contribution in [3.05, 3.63) is 34.9 Å². The topological polar surface area (TPSA) is 40.6 Å². The Morgan fingerprint density at radius 3 is 2.35 bits per heavy atom. The lowest BCUT2D eigenvalue weighted by Crippen LogP contribution is -2.42. The van der Waals surface area contributed by atoms with Crippen molar-refractivity contribution in [2.24, 2.45) is 5.92 Å². The lowest BCUT2D eigenvalue weighted by atomic mass is 9.90. The Morgan fingerprint density at radius 2 is 1.70 bits per heavy atom. The van der Waals surface area contributed by atoms with Gasteiger partial charge in [-0.05, 0) is 61.8 Å². The molecule has 2 amide bonds. The molecule has 124 valence electrons. The molecule has 0 saturated carbocycles. The molecule has 0 spiro atoms. The van der Waals surface area contributed by atoms with Crippen molar-refractivity contribution in [2.75, 3.05) is 27.2 Å². The number of likely N-dealkylation sites (tertiary alicyclic amines) is 1. The van der Waals surface area contributed by atoms with Gasteiger partial charge in [0.25, 0.3) is 5.91 Å². The summed E-state index contributed by atoms with van der Waals surface area (Å²) in [6, 6.07) is 6.20. The Labute approximate surface area is 138 Å². The van der Waals surface area contributed by atoms with Crippen LogP contribution in [0.5, 0.6) is 0 Å². The number of piperidine rings is 1. The van der Waals surface area contributed by atoms with Gasteiger partial charge < -0.3 is 9.80 Å². The van der Waals surface area contributed by atoms with Crippen LogP contribution in [0.1, 0.15) is 47.2 Å². The van der Waals surface area contributed by atoms with Crippen molar-refractivity contribution in [1.82, 2.24) is 9.80 Å². The van der Waals surface area contributed by atoms with Gasteiger partial charge in [-0.15, -0.1) is 0 Å². The van der Waals surface area contributed by atoms with E-state index in [9.17, 15) is 9.59 Å². The van der Waals surface area contributed by atoms with Crippen molar-refractivity contribution in [1.29, 1.82) is 0 Å². The number of amides is 2. The van der Waals surface area contributed by atoms with Gasteiger partial charge in [-0.1, -0.05) is 6.07 Å². The molecule has 0 atom stereocenters. The molecule has 2 aliphatic rings. The minimum Gasteiger partial charge on any atom is -0.349 e. The van der Waals surface area contributed by atoms with Gasteiger partial charge in [0.1, 0.15) is 0 Å². The molecule has 0 bridgehead atoms. The molecule has 0 radical (unpaired) electrons. The van der Waals surface area contributed by atoms with Gasteiger partial charge in [0, 0.05) is 38.7 Å². The first-order valence-electron chi connectivity index (χ1n) is 8.68. The summed E-state index contributed by atoms with van der Waals surface area (Å²) in [6.07, 6.45) is 6.26. The van der Waals surface area contributed by atoms with Crippen LogP contribution in [-0.2, 0) is 17.6 Å². The normalized spacial score (nSPS) is 18.4. The van der Waals surface area contributed by atoms with Gasteiger partial charge in [-0.3, -0.25) is 9.59 Å². The van der Waals surface area contributed by atoms with Crippen molar-refractivity contribution in [3.8, 4) is 0 Å². The maximum atomic E-state index is 12.7. The quantitative estimate of drug-likeness (QED) is 0.841. The standard InChI is InChI=1S/C19H26N2O2/c1-20(2)18(22)15-9-11-21(12-10-15)19(23)17-8-7-14-5-3-4-6-16(14)13-17/h7-8,13,15H,3-6,9-12H2,1-2H3. The van der Waals surface area contributed by atoms with Gasteiger partial charge in [0.2, 0.25) is 5.91 Å². The molecule has 1 heterocycles. The molecule has 0 aromatic heterocycles. The molecule has 4 heteroatoms. The number of hydrogen-bond donors (Lipinski definition) is 0. The summed E-state index contributed by atoms with van der Waals surface area (Å²) in [5.74, 6) is 0.373. The molecule has 0 unspecified atom stereocenters. The summed E-state index contributed by atoms with van der Waals surface area (Å²) in [5.41, 5.74) is 3.56. The molecule has 1 aliphatic carbocycles. The Morgan fingerprint density at radius 1 is 1.04 bits per heavy atom. The fraction of sp³-hybridized carbons (Fsp3) is 0.579. The van der Waals surface area contributed by atoms with Crippen LogP contribution in [-0.4, -0.2) is 48.8 Å². The molecule has 23 heavy (non-hydrogen) atoms. The van der Waals surface area contributed by atoms with Gasteiger partial charge in [0.05, 0.1) is 0 Å². The molecule has 1 aromatic rings. The maximum absolute atomic E-state index is 12.7. The second-order valence-electron chi connectivity index (χ2n) is 6.99.